The highest BCUT2D eigenvalue weighted by Gasteiger charge is 2.02. The van der Waals surface area contributed by atoms with E-state index >= 15 is 0 Å². The number of anilines is 1. The second kappa shape index (κ2) is 6.13. The molecular formula is C14H16FN3O. The van der Waals surface area contributed by atoms with Gasteiger partial charge in [0.2, 0.25) is 5.88 Å². The van der Waals surface area contributed by atoms with Crippen molar-refractivity contribution in [3.8, 4) is 5.88 Å². The third-order valence-corrected chi connectivity index (χ3v) is 2.39. The van der Waals surface area contributed by atoms with Crippen LogP contribution in [0.2, 0.25) is 0 Å². The van der Waals surface area contributed by atoms with Gasteiger partial charge in [0.1, 0.15) is 18.0 Å². The average molecular weight is 261 g/mol. The molecule has 2 aromatic rings. The predicted octanol–water partition coefficient (Wildman–Crippen LogP) is 3.02. The molecule has 0 saturated heterocycles. The molecular weight excluding hydrogens is 245 g/mol. The number of ether oxygens (including phenoxy) is 1. The van der Waals surface area contributed by atoms with Gasteiger partial charge in [-0.2, -0.15) is 0 Å². The van der Waals surface area contributed by atoms with E-state index < -0.39 is 0 Å². The molecule has 0 aliphatic heterocycles. The number of nitrogens with one attached hydrogen (secondary N) is 1. The molecule has 0 spiro atoms. The highest BCUT2D eigenvalue weighted by atomic mass is 19.1. The zero-order chi connectivity index (χ0) is 13.7. The zero-order valence-corrected chi connectivity index (χ0v) is 10.9. The summed E-state index contributed by atoms with van der Waals surface area (Å²) in [5.74, 6) is 0.972. The van der Waals surface area contributed by atoms with Crippen LogP contribution in [0, 0.1) is 5.82 Å². The molecule has 0 amide bonds. The van der Waals surface area contributed by atoms with E-state index in [-0.39, 0.29) is 11.9 Å². The molecule has 0 atom stereocenters. The fraction of sp³-hybridized carbons (Fsp3) is 0.286. The Morgan fingerprint density at radius 1 is 1.21 bits per heavy atom. The molecule has 0 bridgehead atoms. The number of benzene rings is 1. The van der Waals surface area contributed by atoms with Crippen LogP contribution in [0.15, 0.2) is 36.7 Å². The lowest BCUT2D eigenvalue weighted by atomic mass is 10.2. The molecule has 0 unspecified atom stereocenters. The number of hydrogen-bond acceptors (Lipinski definition) is 4. The molecule has 0 aliphatic carbocycles. The summed E-state index contributed by atoms with van der Waals surface area (Å²) < 4.78 is 18.2. The molecule has 100 valence electrons. The van der Waals surface area contributed by atoms with Crippen molar-refractivity contribution >= 4 is 5.82 Å². The van der Waals surface area contributed by atoms with Crippen molar-refractivity contribution in [2.45, 2.75) is 26.5 Å². The number of halogens is 1. The van der Waals surface area contributed by atoms with Gasteiger partial charge in [-0.3, -0.25) is 0 Å². The molecule has 4 nitrogen and oxygen atoms in total. The van der Waals surface area contributed by atoms with Gasteiger partial charge < -0.3 is 10.1 Å². The number of rotatable bonds is 5. The Morgan fingerprint density at radius 3 is 2.63 bits per heavy atom. The van der Waals surface area contributed by atoms with E-state index in [1.165, 1.54) is 18.5 Å². The van der Waals surface area contributed by atoms with Crippen molar-refractivity contribution in [3.63, 3.8) is 0 Å². The molecule has 0 radical (unpaired) electrons. The van der Waals surface area contributed by atoms with Crippen LogP contribution < -0.4 is 10.1 Å². The molecule has 1 heterocycles. The highest BCUT2D eigenvalue weighted by Crippen LogP contribution is 2.13. The lowest BCUT2D eigenvalue weighted by molar-refractivity contribution is 0.232. The topological polar surface area (TPSA) is 47.0 Å². The number of aromatic nitrogens is 2. The summed E-state index contributed by atoms with van der Waals surface area (Å²) in [6, 6.07) is 8.07. The van der Waals surface area contributed by atoms with Gasteiger partial charge in [0, 0.05) is 12.6 Å². The summed E-state index contributed by atoms with van der Waals surface area (Å²) in [6.45, 7) is 4.44. The zero-order valence-electron chi connectivity index (χ0n) is 10.9. The summed E-state index contributed by atoms with van der Waals surface area (Å²) >= 11 is 0. The molecule has 0 aliphatic rings. The van der Waals surface area contributed by atoms with Crippen molar-refractivity contribution in [3.05, 3.63) is 48.0 Å². The van der Waals surface area contributed by atoms with Crippen LogP contribution in [0.5, 0.6) is 5.88 Å². The quantitative estimate of drug-likeness (QED) is 0.898. The largest absolute Gasteiger partial charge is 0.475 e. The fourth-order valence-electron chi connectivity index (χ4n) is 1.54. The second-order valence-corrected chi connectivity index (χ2v) is 4.39. The first-order valence-electron chi connectivity index (χ1n) is 6.10. The first-order valence-corrected chi connectivity index (χ1v) is 6.10. The first-order chi connectivity index (χ1) is 9.13. The third kappa shape index (κ3) is 4.21. The summed E-state index contributed by atoms with van der Waals surface area (Å²) in [6.07, 6.45) is 1.52. The molecule has 5 heteroatoms. The monoisotopic (exact) mass is 261 g/mol. The van der Waals surface area contributed by atoms with Crippen molar-refractivity contribution < 1.29 is 9.13 Å². The maximum Gasteiger partial charge on any atom is 0.218 e. The maximum atomic E-state index is 12.8. The van der Waals surface area contributed by atoms with Crippen molar-refractivity contribution in [1.82, 2.24) is 9.97 Å². The van der Waals surface area contributed by atoms with Crippen LogP contribution in [0.25, 0.3) is 0 Å². The standard InChI is InChI=1S/C14H16FN3O/c1-10(2)19-14-7-13(17-9-18-14)16-8-11-3-5-12(15)6-4-11/h3-7,9-10H,8H2,1-2H3,(H,16,17,18). The summed E-state index contributed by atoms with van der Waals surface area (Å²) in [5, 5.41) is 3.14. The van der Waals surface area contributed by atoms with Crippen LogP contribution in [-0.2, 0) is 6.54 Å². The van der Waals surface area contributed by atoms with Crippen LogP contribution in [0.1, 0.15) is 19.4 Å². The van der Waals surface area contributed by atoms with Gasteiger partial charge in [0.15, 0.2) is 0 Å². The number of hydrogen-bond donors (Lipinski definition) is 1. The Kier molecular flexibility index (Phi) is 4.28. The van der Waals surface area contributed by atoms with Crippen molar-refractivity contribution in [1.29, 1.82) is 0 Å². The van der Waals surface area contributed by atoms with Crippen LogP contribution in [0.4, 0.5) is 10.2 Å². The summed E-state index contributed by atoms with van der Waals surface area (Å²) in [7, 11) is 0. The van der Waals surface area contributed by atoms with Crippen LogP contribution in [0.3, 0.4) is 0 Å². The van der Waals surface area contributed by atoms with E-state index in [0.29, 0.717) is 18.2 Å². The fourth-order valence-corrected chi connectivity index (χ4v) is 1.54. The molecule has 19 heavy (non-hydrogen) atoms. The maximum absolute atomic E-state index is 12.8. The second-order valence-electron chi connectivity index (χ2n) is 4.39. The number of nitrogens with zero attached hydrogens (tertiary/aromatic N) is 2. The molecule has 0 fully saturated rings. The van der Waals surface area contributed by atoms with E-state index in [9.17, 15) is 4.39 Å². The molecule has 1 N–H and O–H groups in total. The Hall–Kier alpha value is -2.17. The Bertz CT molecular complexity index is 528. The van der Waals surface area contributed by atoms with Crippen LogP contribution >= 0.6 is 0 Å². The first kappa shape index (κ1) is 13.3. The van der Waals surface area contributed by atoms with Gasteiger partial charge >= 0.3 is 0 Å². The van der Waals surface area contributed by atoms with E-state index in [1.54, 1.807) is 18.2 Å². The van der Waals surface area contributed by atoms with E-state index in [0.717, 1.165) is 5.56 Å². The van der Waals surface area contributed by atoms with E-state index in [4.69, 9.17) is 4.74 Å². The lowest BCUT2D eigenvalue weighted by Crippen LogP contribution is -2.08. The van der Waals surface area contributed by atoms with Gasteiger partial charge in [-0.25, -0.2) is 14.4 Å². The van der Waals surface area contributed by atoms with Crippen LogP contribution in [-0.4, -0.2) is 16.1 Å². The van der Waals surface area contributed by atoms with E-state index in [1.807, 2.05) is 13.8 Å². The van der Waals surface area contributed by atoms with Gasteiger partial charge in [0.05, 0.1) is 6.10 Å². The van der Waals surface area contributed by atoms with Gasteiger partial charge in [0.25, 0.3) is 0 Å². The van der Waals surface area contributed by atoms with Crippen molar-refractivity contribution in [2.24, 2.45) is 0 Å². The predicted molar refractivity (Wildman–Crippen MR) is 71.5 cm³/mol. The van der Waals surface area contributed by atoms with E-state index in [2.05, 4.69) is 15.3 Å². The smallest absolute Gasteiger partial charge is 0.218 e. The molecule has 1 aromatic heterocycles. The molecule has 0 saturated carbocycles. The normalized spacial score (nSPS) is 10.5. The Balaban J connectivity index is 1.97. The minimum atomic E-state index is -0.238. The Morgan fingerprint density at radius 2 is 1.95 bits per heavy atom. The molecule has 2 rings (SSSR count). The van der Waals surface area contributed by atoms with Crippen molar-refractivity contribution in [2.75, 3.05) is 5.32 Å². The highest BCUT2D eigenvalue weighted by molar-refractivity contribution is 5.38. The average Bonchev–Trinajstić information content (AvgIpc) is 2.38. The van der Waals surface area contributed by atoms with Gasteiger partial charge in [-0.05, 0) is 31.5 Å². The minimum absolute atomic E-state index is 0.0693. The Labute approximate surface area is 111 Å². The minimum Gasteiger partial charge on any atom is -0.475 e. The molecule has 1 aromatic carbocycles. The third-order valence-electron chi connectivity index (χ3n) is 2.39. The van der Waals surface area contributed by atoms with Gasteiger partial charge in [-0.15, -0.1) is 0 Å². The summed E-state index contributed by atoms with van der Waals surface area (Å²) in [4.78, 5) is 8.13. The lowest BCUT2D eigenvalue weighted by Gasteiger charge is -2.10. The summed E-state index contributed by atoms with van der Waals surface area (Å²) in [5.41, 5.74) is 0.978. The van der Waals surface area contributed by atoms with Gasteiger partial charge in [-0.1, -0.05) is 12.1 Å². The SMILES string of the molecule is CC(C)Oc1cc(NCc2ccc(F)cc2)ncn1.